The van der Waals surface area contributed by atoms with Crippen LogP contribution in [0.25, 0.3) is 5.65 Å². The zero-order valence-electron chi connectivity index (χ0n) is 16.0. The van der Waals surface area contributed by atoms with E-state index in [0.717, 1.165) is 17.1 Å². The average molecular weight is 404 g/mol. The smallest absolute Gasteiger partial charge is 0.255 e. The molecule has 1 N–H and O–H groups in total. The predicted octanol–water partition coefficient (Wildman–Crippen LogP) is 5.03. The number of hydrogen-bond acceptors (Lipinski definition) is 4. The molecule has 0 aliphatic carbocycles. The van der Waals surface area contributed by atoms with Gasteiger partial charge in [0.25, 0.3) is 5.91 Å². The third-order valence-electron chi connectivity index (χ3n) is 4.42. The number of hydrogen-bond donors (Lipinski definition) is 1. The summed E-state index contributed by atoms with van der Waals surface area (Å²) in [7, 11) is 0. The monoisotopic (exact) mass is 403 g/mol. The second kappa shape index (κ2) is 8.84. The Morgan fingerprint density at radius 1 is 1.10 bits per heavy atom. The van der Waals surface area contributed by atoms with Gasteiger partial charge < -0.3 is 14.5 Å². The standard InChI is InChI=1S/C23H21N3O2S/c1-29-16-17-8-10-18(11-9-17)23(27)25-19-5-4-6-21(13-19)28-15-20-14-26-12-3-2-7-22(26)24-20/h2-14H,15-16H2,1H3,(H,25,27). The van der Waals surface area contributed by atoms with Crippen LogP contribution in [0.1, 0.15) is 21.6 Å². The number of carbonyl (C=O) groups excluding carboxylic acids is 1. The van der Waals surface area contributed by atoms with Crippen LogP contribution in [-0.2, 0) is 12.4 Å². The number of thioether (sulfide) groups is 1. The van der Waals surface area contributed by atoms with Crippen LogP contribution in [0, 0.1) is 0 Å². The number of rotatable bonds is 7. The summed E-state index contributed by atoms with van der Waals surface area (Å²) in [6, 6.07) is 20.9. The Balaban J connectivity index is 1.39. The molecule has 0 spiro atoms. The molecular weight excluding hydrogens is 382 g/mol. The van der Waals surface area contributed by atoms with Gasteiger partial charge in [-0.2, -0.15) is 11.8 Å². The van der Waals surface area contributed by atoms with E-state index in [9.17, 15) is 4.79 Å². The lowest BCUT2D eigenvalue weighted by Crippen LogP contribution is -2.11. The second-order valence-corrected chi connectivity index (χ2v) is 7.46. The molecule has 4 aromatic rings. The summed E-state index contributed by atoms with van der Waals surface area (Å²) in [6.07, 6.45) is 5.96. The normalized spacial score (nSPS) is 10.8. The number of ether oxygens (including phenoxy) is 1. The number of carbonyl (C=O) groups is 1. The van der Waals surface area contributed by atoms with Gasteiger partial charge in [0.05, 0.1) is 5.69 Å². The topological polar surface area (TPSA) is 55.6 Å². The van der Waals surface area contributed by atoms with Crippen LogP contribution in [-0.4, -0.2) is 21.5 Å². The molecular formula is C23H21N3O2S. The van der Waals surface area contributed by atoms with Crippen LogP contribution in [0.4, 0.5) is 5.69 Å². The summed E-state index contributed by atoms with van der Waals surface area (Å²) in [4.78, 5) is 17.0. The van der Waals surface area contributed by atoms with Crippen molar-refractivity contribution in [3.05, 3.63) is 95.9 Å². The zero-order chi connectivity index (χ0) is 20.1. The molecule has 29 heavy (non-hydrogen) atoms. The molecule has 146 valence electrons. The number of aromatic nitrogens is 2. The van der Waals surface area contributed by atoms with Crippen molar-refractivity contribution in [3.63, 3.8) is 0 Å². The molecule has 2 aromatic carbocycles. The highest BCUT2D eigenvalue weighted by Crippen LogP contribution is 2.20. The number of benzene rings is 2. The number of fused-ring (bicyclic) bond motifs is 1. The van der Waals surface area contributed by atoms with E-state index in [2.05, 4.69) is 16.6 Å². The Labute approximate surface area is 173 Å². The summed E-state index contributed by atoms with van der Waals surface area (Å²) in [6.45, 7) is 0.357. The van der Waals surface area contributed by atoms with Crippen molar-refractivity contribution in [3.8, 4) is 5.75 Å². The molecule has 0 aliphatic rings. The van der Waals surface area contributed by atoms with E-state index >= 15 is 0 Å². The highest BCUT2D eigenvalue weighted by molar-refractivity contribution is 7.97. The Kier molecular flexibility index (Phi) is 5.81. The molecule has 0 saturated heterocycles. The van der Waals surface area contributed by atoms with Gasteiger partial charge in [0, 0.05) is 35.5 Å². The van der Waals surface area contributed by atoms with E-state index in [1.54, 1.807) is 11.8 Å². The van der Waals surface area contributed by atoms with Gasteiger partial charge in [-0.1, -0.05) is 24.3 Å². The lowest BCUT2D eigenvalue weighted by Gasteiger charge is -2.09. The van der Waals surface area contributed by atoms with Crippen LogP contribution in [0.5, 0.6) is 5.75 Å². The number of pyridine rings is 1. The van der Waals surface area contributed by atoms with Crippen LogP contribution >= 0.6 is 11.8 Å². The lowest BCUT2D eigenvalue weighted by atomic mass is 10.1. The van der Waals surface area contributed by atoms with E-state index in [4.69, 9.17) is 4.74 Å². The summed E-state index contributed by atoms with van der Waals surface area (Å²) in [5.41, 5.74) is 4.25. The Morgan fingerprint density at radius 2 is 1.97 bits per heavy atom. The minimum Gasteiger partial charge on any atom is -0.487 e. The van der Waals surface area contributed by atoms with E-state index in [1.807, 2.05) is 83.5 Å². The first-order valence-corrected chi connectivity index (χ1v) is 10.7. The van der Waals surface area contributed by atoms with Crippen LogP contribution in [0.3, 0.4) is 0 Å². The molecule has 0 saturated carbocycles. The minimum absolute atomic E-state index is 0.141. The molecule has 0 bridgehead atoms. The molecule has 5 nitrogen and oxygen atoms in total. The summed E-state index contributed by atoms with van der Waals surface area (Å²) < 4.78 is 7.82. The third kappa shape index (κ3) is 4.78. The van der Waals surface area contributed by atoms with Crippen molar-refractivity contribution in [1.29, 1.82) is 0 Å². The maximum atomic E-state index is 12.5. The van der Waals surface area contributed by atoms with Crippen molar-refractivity contribution >= 4 is 29.0 Å². The lowest BCUT2D eigenvalue weighted by molar-refractivity contribution is 0.102. The maximum Gasteiger partial charge on any atom is 0.255 e. The molecule has 0 fully saturated rings. The van der Waals surface area contributed by atoms with E-state index in [0.29, 0.717) is 23.6 Å². The highest BCUT2D eigenvalue weighted by atomic mass is 32.2. The van der Waals surface area contributed by atoms with Gasteiger partial charge in [0.15, 0.2) is 0 Å². The van der Waals surface area contributed by atoms with Crippen LogP contribution in [0.15, 0.2) is 79.1 Å². The molecule has 4 rings (SSSR count). The fourth-order valence-corrected chi connectivity index (χ4v) is 3.53. The van der Waals surface area contributed by atoms with Crippen molar-refractivity contribution in [1.82, 2.24) is 9.38 Å². The molecule has 6 heteroatoms. The van der Waals surface area contributed by atoms with Gasteiger partial charge in [0.1, 0.15) is 18.0 Å². The van der Waals surface area contributed by atoms with Crippen LogP contribution in [0.2, 0.25) is 0 Å². The van der Waals surface area contributed by atoms with Gasteiger partial charge in [0.2, 0.25) is 0 Å². The Bertz CT molecular complexity index is 1090. The molecule has 0 unspecified atom stereocenters. The predicted molar refractivity (Wildman–Crippen MR) is 118 cm³/mol. The largest absolute Gasteiger partial charge is 0.487 e. The SMILES string of the molecule is CSCc1ccc(C(=O)Nc2cccc(OCc3cn4ccccc4n3)c2)cc1. The van der Waals surface area contributed by atoms with Crippen molar-refractivity contribution in [2.75, 3.05) is 11.6 Å². The number of nitrogens with zero attached hydrogens (tertiary/aromatic N) is 2. The van der Waals surface area contributed by atoms with E-state index < -0.39 is 0 Å². The Morgan fingerprint density at radius 3 is 2.76 bits per heavy atom. The highest BCUT2D eigenvalue weighted by Gasteiger charge is 2.08. The fourth-order valence-electron chi connectivity index (χ4n) is 3.00. The van der Waals surface area contributed by atoms with Crippen molar-refractivity contribution in [2.45, 2.75) is 12.4 Å². The van der Waals surface area contributed by atoms with Crippen LogP contribution < -0.4 is 10.1 Å². The Hall–Kier alpha value is -3.25. The molecule has 1 amide bonds. The average Bonchev–Trinajstić information content (AvgIpc) is 3.16. The van der Waals surface area contributed by atoms with E-state index in [-0.39, 0.29) is 5.91 Å². The summed E-state index contributed by atoms with van der Waals surface area (Å²) >= 11 is 1.76. The number of anilines is 1. The molecule has 2 aromatic heterocycles. The first-order chi connectivity index (χ1) is 14.2. The quantitative estimate of drug-likeness (QED) is 0.470. The molecule has 0 aliphatic heterocycles. The maximum absolute atomic E-state index is 12.5. The van der Waals surface area contributed by atoms with Crippen molar-refractivity contribution < 1.29 is 9.53 Å². The number of amides is 1. The van der Waals surface area contributed by atoms with Gasteiger partial charge in [-0.05, 0) is 48.2 Å². The van der Waals surface area contributed by atoms with Gasteiger partial charge in [-0.25, -0.2) is 4.98 Å². The van der Waals surface area contributed by atoms with E-state index in [1.165, 1.54) is 5.56 Å². The minimum atomic E-state index is -0.141. The molecule has 2 heterocycles. The first-order valence-electron chi connectivity index (χ1n) is 9.26. The summed E-state index contributed by atoms with van der Waals surface area (Å²) in [5.74, 6) is 1.47. The third-order valence-corrected chi connectivity index (χ3v) is 5.04. The number of nitrogens with one attached hydrogen (secondary N) is 1. The molecule has 0 radical (unpaired) electrons. The summed E-state index contributed by atoms with van der Waals surface area (Å²) in [5, 5.41) is 2.93. The van der Waals surface area contributed by atoms with Gasteiger partial charge in [-0.15, -0.1) is 0 Å². The second-order valence-electron chi connectivity index (χ2n) is 6.60. The van der Waals surface area contributed by atoms with Gasteiger partial charge >= 0.3 is 0 Å². The zero-order valence-corrected chi connectivity index (χ0v) is 16.9. The first kappa shape index (κ1) is 19.1. The fraction of sp³-hybridized carbons (Fsp3) is 0.130. The van der Waals surface area contributed by atoms with Gasteiger partial charge in [-0.3, -0.25) is 4.79 Å². The number of imidazole rings is 1. The molecule has 0 atom stereocenters. The van der Waals surface area contributed by atoms with Crippen molar-refractivity contribution in [2.24, 2.45) is 0 Å².